The maximum Gasteiger partial charge on any atom is 0.123 e. The van der Waals surface area contributed by atoms with Gasteiger partial charge in [-0.15, -0.1) is 0 Å². The van der Waals surface area contributed by atoms with Crippen molar-refractivity contribution in [3.05, 3.63) is 29.8 Å². The van der Waals surface area contributed by atoms with Crippen molar-refractivity contribution in [2.24, 2.45) is 0 Å². The molecule has 15 heavy (non-hydrogen) atoms. The zero-order chi connectivity index (χ0) is 10.5. The smallest absolute Gasteiger partial charge is 0.123 e. The minimum Gasteiger partial charge on any atom is -0.488 e. The Kier molecular flexibility index (Phi) is 4.26. The van der Waals surface area contributed by atoms with Gasteiger partial charge in [0.2, 0.25) is 0 Å². The summed E-state index contributed by atoms with van der Waals surface area (Å²) in [6.07, 6.45) is 2.62. The third-order valence-electron chi connectivity index (χ3n) is 2.57. The van der Waals surface area contributed by atoms with Crippen LogP contribution < -0.4 is 10.1 Å². The normalized spacial score (nSPS) is 18.6. The summed E-state index contributed by atoms with van der Waals surface area (Å²) >= 11 is 2.40. The lowest BCUT2D eigenvalue weighted by molar-refractivity contribution is 0.228. The molecule has 82 valence electrons. The average Bonchev–Trinajstić information content (AvgIpc) is 2.67. The van der Waals surface area contributed by atoms with Gasteiger partial charge in [-0.3, -0.25) is 0 Å². The molecular weight excluding hydrogens is 301 g/mol. The number of rotatable bonds is 5. The summed E-state index contributed by atoms with van der Waals surface area (Å²) in [6, 6.07) is 8.32. The molecule has 2 rings (SSSR count). The first-order chi connectivity index (χ1) is 7.40. The largest absolute Gasteiger partial charge is 0.488 e. The minimum atomic E-state index is 0.330. The number of halogens is 1. The summed E-state index contributed by atoms with van der Waals surface area (Å²) in [5.74, 6) is 1.07. The van der Waals surface area contributed by atoms with Gasteiger partial charge >= 0.3 is 0 Å². The Balaban J connectivity index is 1.76. The fourth-order valence-corrected chi connectivity index (χ4v) is 2.20. The molecule has 1 heterocycles. The molecule has 0 amide bonds. The lowest BCUT2D eigenvalue weighted by atomic mass is 10.1. The number of nitrogens with one attached hydrogen (secondary N) is 1. The second-order valence-electron chi connectivity index (χ2n) is 3.80. The van der Waals surface area contributed by atoms with Crippen molar-refractivity contribution < 1.29 is 4.74 Å². The highest BCUT2D eigenvalue weighted by molar-refractivity contribution is 14.1. The number of para-hydroxylation sites is 1. The first kappa shape index (κ1) is 11.2. The van der Waals surface area contributed by atoms with Gasteiger partial charge < -0.3 is 10.1 Å². The second-order valence-corrected chi connectivity index (χ2v) is 4.88. The summed E-state index contributed by atoms with van der Waals surface area (Å²) in [6.45, 7) is 2.06. The summed E-state index contributed by atoms with van der Waals surface area (Å²) in [5.41, 5.74) is 1.35. The van der Waals surface area contributed by atoms with E-state index in [0.29, 0.717) is 6.10 Å². The van der Waals surface area contributed by atoms with Gasteiger partial charge in [-0.05, 0) is 24.6 Å². The van der Waals surface area contributed by atoms with Crippen molar-refractivity contribution in [2.45, 2.75) is 18.9 Å². The number of hydrogen-bond acceptors (Lipinski definition) is 2. The lowest BCUT2D eigenvalue weighted by Crippen LogP contribution is -2.30. The fraction of sp³-hybridized carbons (Fsp3) is 0.500. The standard InChI is InChI=1S/C12H16INO/c13-6-3-7-14-9-11-8-10-4-1-2-5-12(10)15-11/h1-2,4-5,11,14H,3,6-9H2. The average molecular weight is 317 g/mol. The molecule has 0 bridgehead atoms. The maximum atomic E-state index is 5.82. The molecule has 0 saturated carbocycles. The van der Waals surface area contributed by atoms with Crippen LogP contribution in [-0.2, 0) is 6.42 Å². The summed E-state index contributed by atoms with van der Waals surface area (Å²) in [5, 5.41) is 3.43. The third-order valence-corrected chi connectivity index (χ3v) is 3.34. The molecule has 1 aliphatic rings. The number of alkyl halides is 1. The number of fused-ring (bicyclic) bond motifs is 1. The Morgan fingerprint density at radius 3 is 3.07 bits per heavy atom. The van der Waals surface area contributed by atoms with E-state index in [1.54, 1.807) is 0 Å². The van der Waals surface area contributed by atoms with Gasteiger partial charge in [0, 0.05) is 17.4 Å². The molecule has 1 aliphatic heterocycles. The summed E-state index contributed by atoms with van der Waals surface area (Å²) in [7, 11) is 0. The molecule has 1 unspecified atom stereocenters. The molecule has 0 aromatic heterocycles. The quantitative estimate of drug-likeness (QED) is 0.512. The molecule has 0 saturated heterocycles. The predicted octanol–water partition coefficient (Wildman–Crippen LogP) is 2.40. The van der Waals surface area contributed by atoms with Gasteiger partial charge in [-0.2, -0.15) is 0 Å². The second kappa shape index (κ2) is 5.70. The molecule has 0 spiro atoms. The Bertz CT molecular complexity index is 291. The maximum absolute atomic E-state index is 5.82. The Labute approximate surface area is 105 Å². The van der Waals surface area contributed by atoms with Crippen LogP contribution in [0.2, 0.25) is 0 Å². The van der Waals surface area contributed by atoms with E-state index in [-0.39, 0.29) is 0 Å². The molecule has 0 aliphatic carbocycles. The molecule has 0 radical (unpaired) electrons. The fourth-order valence-electron chi connectivity index (χ4n) is 1.82. The van der Waals surface area contributed by atoms with Gasteiger partial charge in [0.25, 0.3) is 0 Å². The van der Waals surface area contributed by atoms with Crippen LogP contribution in [0.5, 0.6) is 5.75 Å². The van der Waals surface area contributed by atoms with Gasteiger partial charge in [-0.25, -0.2) is 0 Å². The van der Waals surface area contributed by atoms with Crippen molar-refractivity contribution in [2.75, 3.05) is 17.5 Å². The van der Waals surface area contributed by atoms with Crippen LogP contribution >= 0.6 is 22.6 Å². The van der Waals surface area contributed by atoms with Crippen molar-refractivity contribution in [1.29, 1.82) is 0 Å². The molecule has 2 nitrogen and oxygen atoms in total. The van der Waals surface area contributed by atoms with Gasteiger partial charge in [0.1, 0.15) is 11.9 Å². The highest BCUT2D eigenvalue weighted by Gasteiger charge is 2.21. The molecule has 0 fully saturated rings. The van der Waals surface area contributed by atoms with Crippen LogP contribution in [0.25, 0.3) is 0 Å². The number of benzene rings is 1. The van der Waals surface area contributed by atoms with Crippen LogP contribution in [0.1, 0.15) is 12.0 Å². The van der Waals surface area contributed by atoms with Gasteiger partial charge in [0.05, 0.1) is 0 Å². The Hall–Kier alpha value is -0.290. The molecule has 1 N–H and O–H groups in total. The van der Waals surface area contributed by atoms with E-state index >= 15 is 0 Å². The molecular formula is C12H16INO. The van der Waals surface area contributed by atoms with Crippen molar-refractivity contribution in [3.63, 3.8) is 0 Å². The predicted molar refractivity (Wildman–Crippen MR) is 70.9 cm³/mol. The van der Waals surface area contributed by atoms with E-state index in [0.717, 1.165) is 25.3 Å². The highest BCUT2D eigenvalue weighted by atomic mass is 127. The third kappa shape index (κ3) is 3.08. The Morgan fingerprint density at radius 1 is 1.40 bits per heavy atom. The van der Waals surface area contributed by atoms with E-state index in [1.807, 2.05) is 6.07 Å². The highest BCUT2D eigenvalue weighted by Crippen LogP contribution is 2.27. The number of hydrogen-bond donors (Lipinski definition) is 1. The van der Waals surface area contributed by atoms with Crippen LogP contribution in [0, 0.1) is 0 Å². The SMILES string of the molecule is ICCCNCC1Cc2ccccc2O1. The van der Waals surface area contributed by atoms with Crippen LogP contribution in [0.4, 0.5) is 0 Å². The minimum absolute atomic E-state index is 0.330. The summed E-state index contributed by atoms with van der Waals surface area (Å²) in [4.78, 5) is 0. The van der Waals surface area contributed by atoms with Crippen molar-refractivity contribution >= 4 is 22.6 Å². The lowest BCUT2D eigenvalue weighted by Gasteiger charge is -2.11. The van der Waals surface area contributed by atoms with E-state index in [9.17, 15) is 0 Å². The Morgan fingerprint density at radius 2 is 2.27 bits per heavy atom. The van der Waals surface area contributed by atoms with E-state index in [1.165, 1.54) is 16.4 Å². The first-order valence-electron chi connectivity index (χ1n) is 5.41. The van der Waals surface area contributed by atoms with Crippen LogP contribution in [0.3, 0.4) is 0 Å². The van der Waals surface area contributed by atoms with E-state index in [2.05, 4.69) is 46.1 Å². The zero-order valence-corrected chi connectivity index (χ0v) is 10.9. The summed E-state index contributed by atoms with van der Waals surface area (Å²) < 4.78 is 7.04. The van der Waals surface area contributed by atoms with Crippen LogP contribution in [0.15, 0.2) is 24.3 Å². The topological polar surface area (TPSA) is 21.3 Å². The van der Waals surface area contributed by atoms with Gasteiger partial charge in [0.15, 0.2) is 0 Å². The van der Waals surface area contributed by atoms with Crippen molar-refractivity contribution in [1.82, 2.24) is 5.32 Å². The molecule has 1 aromatic rings. The van der Waals surface area contributed by atoms with Crippen molar-refractivity contribution in [3.8, 4) is 5.75 Å². The van der Waals surface area contributed by atoms with Gasteiger partial charge in [-0.1, -0.05) is 40.8 Å². The monoisotopic (exact) mass is 317 g/mol. The zero-order valence-electron chi connectivity index (χ0n) is 8.71. The van der Waals surface area contributed by atoms with E-state index in [4.69, 9.17) is 4.74 Å². The van der Waals surface area contributed by atoms with Crippen LogP contribution in [-0.4, -0.2) is 23.6 Å². The van der Waals surface area contributed by atoms with E-state index < -0.39 is 0 Å². The number of ether oxygens (including phenoxy) is 1. The molecule has 3 heteroatoms. The molecule has 1 atom stereocenters. The molecule has 1 aromatic carbocycles. The first-order valence-corrected chi connectivity index (χ1v) is 6.94.